The Morgan fingerprint density at radius 1 is 1.42 bits per heavy atom. The van der Waals surface area contributed by atoms with Crippen molar-refractivity contribution in [1.82, 2.24) is 20.4 Å². The molecule has 1 aromatic carbocycles. The Morgan fingerprint density at radius 3 is 3.00 bits per heavy atom. The summed E-state index contributed by atoms with van der Waals surface area (Å²) in [5, 5.41) is 16.6. The number of hydrogen-bond acceptors (Lipinski definition) is 6. The van der Waals surface area contributed by atoms with Crippen LogP contribution in [0.4, 0.5) is 0 Å². The molecule has 0 aliphatic rings. The molecule has 0 saturated heterocycles. The van der Waals surface area contributed by atoms with Gasteiger partial charge in [0, 0.05) is 18.9 Å². The molecular formula is C16H16N4O4. The van der Waals surface area contributed by atoms with E-state index in [2.05, 4.69) is 20.4 Å². The van der Waals surface area contributed by atoms with Crippen molar-refractivity contribution in [1.29, 1.82) is 0 Å². The van der Waals surface area contributed by atoms with Gasteiger partial charge in [0.05, 0.1) is 11.9 Å². The number of aromatic amines is 1. The number of fused-ring (bicyclic) bond motifs is 1. The highest BCUT2D eigenvalue weighted by molar-refractivity contribution is 5.83. The van der Waals surface area contributed by atoms with Crippen molar-refractivity contribution in [3.8, 4) is 5.75 Å². The number of amides is 1. The van der Waals surface area contributed by atoms with E-state index < -0.39 is 0 Å². The van der Waals surface area contributed by atoms with E-state index in [0.717, 1.165) is 0 Å². The molecule has 3 rings (SSSR count). The number of nitrogens with one attached hydrogen (secondary N) is 2. The molecule has 0 unspecified atom stereocenters. The van der Waals surface area contributed by atoms with Crippen LogP contribution in [0.1, 0.15) is 23.7 Å². The van der Waals surface area contributed by atoms with Crippen LogP contribution in [0.5, 0.6) is 5.75 Å². The first-order valence-electron chi connectivity index (χ1n) is 7.42. The molecule has 0 aliphatic heterocycles. The third-order valence-corrected chi connectivity index (χ3v) is 3.50. The summed E-state index contributed by atoms with van der Waals surface area (Å²) in [4.78, 5) is 30.7. The van der Waals surface area contributed by atoms with E-state index in [4.69, 9.17) is 4.52 Å². The lowest BCUT2D eigenvalue weighted by atomic mass is 10.2. The number of aromatic nitrogens is 3. The van der Waals surface area contributed by atoms with Crippen LogP contribution in [0.25, 0.3) is 10.9 Å². The van der Waals surface area contributed by atoms with Gasteiger partial charge in [0.15, 0.2) is 0 Å². The smallest absolute Gasteiger partial charge is 0.258 e. The highest BCUT2D eigenvalue weighted by Crippen LogP contribution is 2.19. The molecule has 0 fully saturated rings. The summed E-state index contributed by atoms with van der Waals surface area (Å²) in [7, 11) is 0. The van der Waals surface area contributed by atoms with Gasteiger partial charge in [0.25, 0.3) is 5.56 Å². The number of aryl methyl sites for hydroxylation is 2. The average molecular weight is 328 g/mol. The Hall–Kier alpha value is -3.16. The molecule has 0 bridgehead atoms. The number of phenols is 1. The second-order valence-electron chi connectivity index (χ2n) is 5.39. The van der Waals surface area contributed by atoms with Gasteiger partial charge in [-0.3, -0.25) is 9.59 Å². The second kappa shape index (κ2) is 6.53. The van der Waals surface area contributed by atoms with E-state index in [0.29, 0.717) is 22.7 Å². The molecule has 3 N–H and O–H groups in total. The largest absolute Gasteiger partial charge is 0.506 e. The Bertz CT molecular complexity index is 945. The number of carbonyl (C=O) groups excluding carboxylic acids is 1. The molecule has 1 amide bonds. The molecule has 24 heavy (non-hydrogen) atoms. The Labute approximate surface area is 136 Å². The van der Waals surface area contributed by atoms with Crippen LogP contribution in [-0.2, 0) is 17.8 Å². The number of H-pyrrole nitrogens is 1. The molecular weight excluding hydrogens is 312 g/mol. The first-order chi connectivity index (χ1) is 11.5. The number of benzene rings is 1. The number of carbonyl (C=O) groups is 1. The van der Waals surface area contributed by atoms with E-state index in [-0.39, 0.29) is 42.1 Å². The summed E-state index contributed by atoms with van der Waals surface area (Å²) in [6.07, 6.45) is 0.405. The molecule has 8 heteroatoms. The van der Waals surface area contributed by atoms with Gasteiger partial charge < -0.3 is 19.9 Å². The predicted molar refractivity (Wildman–Crippen MR) is 85.4 cm³/mol. The monoisotopic (exact) mass is 328 g/mol. The topological polar surface area (TPSA) is 121 Å². The normalized spacial score (nSPS) is 10.9. The van der Waals surface area contributed by atoms with Crippen LogP contribution in [0.2, 0.25) is 0 Å². The standard InChI is InChI=1S/C16H16N4O4/c1-9-7-10(20-24-9)8-17-14(22)6-5-13-18-15-11(16(23)19-13)3-2-4-12(15)21/h2-4,7,21H,5-6,8H2,1H3,(H,17,22)(H,18,19,23). The summed E-state index contributed by atoms with van der Waals surface area (Å²) < 4.78 is 4.92. The Morgan fingerprint density at radius 2 is 2.25 bits per heavy atom. The molecule has 0 spiro atoms. The Balaban J connectivity index is 1.64. The number of aromatic hydroxyl groups is 1. The number of phenolic OH excluding ortho intramolecular Hbond substituents is 1. The van der Waals surface area contributed by atoms with Crippen LogP contribution in [0, 0.1) is 6.92 Å². The Kier molecular flexibility index (Phi) is 4.28. The summed E-state index contributed by atoms with van der Waals surface area (Å²) in [5.41, 5.74) is 0.530. The van der Waals surface area contributed by atoms with Crippen molar-refractivity contribution >= 4 is 16.8 Å². The van der Waals surface area contributed by atoms with Gasteiger partial charge in [-0.2, -0.15) is 0 Å². The maximum Gasteiger partial charge on any atom is 0.258 e. The van der Waals surface area contributed by atoms with Gasteiger partial charge in [-0.25, -0.2) is 4.98 Å². The van der Waals surface area contributed by atoms with Gasteiger partial charge in [-0.05, 0) is 19.1 Å². The van der Waals surface area contributed by atoms with Gasteiger partial charge >= 0.3 is 0 Å². The average Bonchev–Trinajstić information content (AvgIpc) is 2.97. The van der Waals surface area contributed by atoms with E-state index in [1.807, 2.05) is 0 Å². The zero-order chi connectivity index (χ0) is 17.1. The minimum absolute atomic E-state index is 0.0642. The molecule has 0 aliphatic carbocycles. The lowest BCUT2D eigenvalue weighted by molar-refractivity contribution is -0.121. The second-order valence-corrected chi connectivity index (χ2v) is 5.39. The summed E-state index contributed by atoms with van der Waals surface area (Å²) in [6, 6.07) is 6.36. The van der Waals surface area contributed by atoms with Crippen LogP contribution in [0.15, 0.2) is 33.6 Å². The van der Waals surface area contributed by atoms with E-state index >= 15 is 0 Å². The fourth-order valence-corrected chi connectivity index (χ4v) is 2.32. The molecule has 2 heterocycles. The van der Waals surface area contributed by atoms with E-state index in [1.165, 1.54) is 6.07 Å². The lowest BCUT2D eigenvalue weighted by Crippen LogP contribution is -2.24. The van der Waals surface area contributed by atoms with Crippen LogP contribution >= 0.6 is 0 Å². The van der Waals surface area contributed by atoms with Crippen molar-refractivity contribution in [3.05, 3.63) is 51.9 Å². The fraction of sp³-hybridized carbons (Fsp3) is 0.250. The lowest BCUT2D eigenvalue weighted by Gasteiger charge is -2.05. The molecule has 0 radical (unpaired) electrons. The molecule has 8 nitrogen and oxygen atoms in total. The molecule has 0 atom stereocenters. The summed E-state index contributed by atoms with van der Waals surface area (Å²) in [6.45, 7) is 2.05. The maximum atomic E-state index is 12.0. The van der Waals surface area contributed by atoms with E-state index in [9.17, 15) is 14.7 Å². The predicted octanol–water partition coefficient (Wildman–Crippen LogP) is 1.17. The minimum atomic E-state index is -0.343. The molecule has 124 valence electrons. The molecule has 0 saturated carbocycles. The van der Waals surface area contributed by atoms with E-state index in [1.54, 1.807) is 25.1 Å². The third kappa shape index (κ3) is 3.43. The van der Waals surface area contributed by atoms with Gasteiger partial charge in [0.1, 0.15) is 28.5 Å². The van der Waals surface area contributed by atoms with Crippen molar-refractivity contribution in [2.75, 3.05) is 0 Å². The van der Waals surface area contributed by atoms with Gasteiger partial charge in [0.2, 0.25) is 5.91 Å². The van der Waals surface area contributed by atoms with Gasteiger partial charge in [-0.1, -0.05) is 11.2 Å². The van der Waals surface area contributed by atoms with Crippen LogP contribution < -0.4 is 10.9 Å². The number of rotatable bonds is 5. The third-order valence-electron chi connectivity index (χ3n) is 3.50. The molecule has 2 aromatic heterocycles. The highest BCUT2D eigenvalue weighted by Gasteiger charge is 2.10. The van der Waals surface area contributed by atoms with Crippen molar-refractivity contribution in [2.45, 2.75) is 26.3 Å². The first kappa shape index (κ1) is 15.7. The first-order valence-corrected chi connectivity index (χ1v) is 7.42. The fourth-order valence-electron chi connectivity index (χ4n) is 2.32. The van der Waals surface area contributed by atoms with Crippen LogP contribution in [-0.4, -0.2) is 26.1 Å². The number of hydrogen-bond donors (Lipinski definition) is 3. The maximum absolute atomic E-state index is 12.0. The van der Waals surface area contributed by atoms with Crippen LogP contribution in [0.3, 0.4) is 0 Å². The summed E-state index contributed by atoms with van der Waals surface area (Å²) in [5.74, 6) is 0.764. The van der Waals surface area contributed by atoms with Gasteiger partial charge in [-0.15, -0.1) is 0 Å². The van der Waals surface area contributed by atoms with Crippen molar-refractivity contribution in [2.24, 2.45) is 0 Å². The van der Waals surface area contributed by atoms with Crippen molar-refractivity contribution in [3.63, 3.8) is 0 Å². The minimum Gasteiger partial charge on any atom is -0.506 e. The van der Waals surface area contributed by atoms with Crippen molar-refractivity contribution < 1.29 is 14.4 Å². The SMILES string of the molecule is Cc1cc(CNC(=O)CCc2nc3c(O)cccc3c(=O)[nH]2)no1. The zero-order valence-corrected chi connectivity index (χ0v) is 13.0. The number of nitrogens with zero attached hydrogens (tertiary/aromatic N) is 2. The zero-order valence-electron chi connectivity index (χ0n) is 13.0. The highest BCUT2D eigenvalue weighted by atomic mass is 16.5. The summed E-state index contributed by atoms with van der Waals surface area (Å²) >= 11 is 0. The quantitative estimate of drug-likeness (QED) is 0.646. The molecule has 3 aromatic rings. The number of para-hydroxylation sites is 1.